The van der Waals surface area contributed by atoms with Gasteiger partial charge in [0.25, 0.3) is 0 Å². The van der Waals surface area contributed by atoms with Crippen molar-refractivity contribution < 1.29 is 9.84 Å². The maximum atomic E-state index is 9.19. The van der Waals surface area contributed by atoms with Crippen LogP contribution < -0.4 is 10.1 Å². The van der Waals surface area contributed by atoms with E-state index in [1.807, 2.05) is 10.9 Å². The van der Waals surface area contributed by atoms with Crippen LogP contribution in [0.3, 0.4) is 0 Å². The summed E-state index contributed by atoms with van der Waals surface area (Å²) in [4.78, 5) is 0. The van der Waals surface area contributed by atoms with Crippen LogP contribution >= 0.6 is 0 Å². The normalized spacial score (nSPS) is 19.0. The molecule has 3 rings (SSSR count). The fourth-order valence-electron chi connectivity index (χ4n) is 2.09. The highest BCUT2D eigenvalue weighted by Gasteiger charge is 2.17. The van der Waals surface area contributed by atoms with Crippen LogP contribution in [-0.2, 0) is 0 Å². The largest absolute Gasteiger partial charge is 0.508 e. The third-order valence-electron chi connectivity index (χ3n) is 3.06. The van der Waals surface area contributed by atoms with Crippen LogP contribution in [-0.4, -0.2) is 28.0 Å². The zero-order chi connectivity index (χ0) is 12.4. The molecule has 1 atom stereocenters. The Hall–Kier alpha value is -2.01. The lowest BCUT2D eigenvalue weighted by Crippen LogP contribution is -2.13. The molecule has 1 aromatic heterocycles. The van der Waals surface area contributed by atoms with Crippen LogP contribution in [0.15, 0.2) is 36.7 Å². The zero-order valence-electron chi connectivity index (χ0n) is 9.91. The van der Waals surface area contributed by atoms with E-state index < -0.39 is 0 Å². The standard InChI is InChI=1S/C13H15N3O2/c17-11-1-3-12(4-2-11)18-13-8-15-16(9-13)10-5-6-14-7-10/h1-4,8-10,14,17H,5-7H2. The number of rotatable bonds is 3. The molecule has 1 aliphatic heterocycles. The van der Waals surface area contributed by atoms with Crippen molar-refractivity contribution in [3.8, 4) is 17.2 Å². The molecule has 1 aliphatic rings. The second-order valence-electron chi connectivity index (χ2n) is 4.40. The van der Waals surface area contributed by atoms with Crippen molar-refractivity contribution in [2.75, 3.05) is 13.1 Å². The Bertz CT molecular complexity index is 515. The smallest absolute Gasteiger partial charge is 0.165 e. The van der Waals surface area contributed by atoms with Gasteiger partial charge < -0.3 is 15.2 Å². The molecule has 0 aliphatic carbocycles. The molecule has 1 saturated heterocycles. The van der Waals surface area contributed by atoms with E-state index in [9.17, 15) is 5.11 Å². The van der Waals surface area contributed by atoms with E-state index in [4.69, 9.17) is 4.74 Å². The molecule has 1 aromatic carbocycles. The number of phenolic OH excluding ortho intramolecular Hbond substituents is 1. The SMILES string of the molecule is Oc1ccc(Oc2cnn(C3CCNC3)c2)cc1. The number of aromatic hydroxyl groups is 1. The monoisotopic (exact) mass is 245 g/mol. The summed E-state index contributed by atoms with van der Waals surface area (Å²) in [7, 11) is 0. The first-order valence-corrected chi connectivity index (χ1v) is 6.03. The van der Waals surface area contributed by atoms with Crippen LogP contribution in [0.1, 0.15) is 12.5 Å². The van der Waals surface area contributed by atoms with E-state index in [1.54, 1.807) is 30.5 Å². The molecule has 2 N–H and O–H groups in total. The Morgan fingerprint density at radius 1 is 1.28 bits per heavy atom. The molecule has 5 heteroatoms. The molecule has 2 aromatic rings. The molecule has 0 spiro atoms. The third kappa shape index (κ3) is 2.31. The number of aromatic nitrogens is 2. The van der Waals surface area contributed by atoms with Gasteiger partial charge in [0.1, 0.15) is 11.5 Å². The Balaban J connectivity index is 1.71. The Kier molecular flexibility index (Phi) is 2.90. The van der Waals surface area contributed by atoms with Crippen LogP contribution in [0.4, 0.5) is 0 Å². The third-order valence-corrected chi connectivity index (χ3v) is 3.06. The molecule has 94 valence electrons. The summed E-state index contributed by atoms with van der Waals surface area (Å²) in [6, 6.07) is 7.07. The summed E-state index contributed by atoms with van der Waals surface area (Å²) in [6.07, 6.45) is 4.72. The Morgan fingerprint density at radius 3 is 2.83 bits per heavy atom. The lowest BCUT2D eigenvalue weighted by molar-refractivity contribution is 0.460. The van der Waals surface area contributed by atoms with Crippen molar-refractivity contribution in [2.45, 2.75) is 12.5 Å². The van der Waals surface area contributed by atoms with Crippen molar-refractivity contribution in [3.63, 3.8) is 0 Å². The Morgan fingerprint density at radius 2 is 2.11 bits per heavy atom. The minimum Gasteiger partial charge on any atom is -0.508 e. The topological polar surface area (TPSA) is 59.3 Å². The first-order chi connectivity index (χ1) is 8.81. The van der Waals surface area contributed by atoms with Gasteiger partial charge in [-0.3, -0.25) is 4.68 Å². The number of ether oxygens (including phenoxy) is 1. The number of nitrogens with one attached hydrogen (secondary N) is 1. The second-order valence-corrected chi connectivity index (χ2v) is 4.40. The molecular formula is C13H15N3O2. The molecule has 0 saturated carbocycles. The van der Waals surface area contributed by atoms with Crippen molar-refractivity contribution >= 4 is 0 Å². The predicted octanol–water partition coefficient (Wildman–Crippen LogP) is 1.92. The van der Waals surface area contributed by atoms with E-state index in [-0.39, 0.29) is 5.75 Å². The molecule has 18 heavy (non-hydrogen) atoms. The molecule has 0 radical (unpaired) electrons. The number of nitrogens with zero attached hydrogens (tertiary/aromatic N) is 2. The second kappa shape index (κ2) is 4.70. The first kappa shape index (κ1) is 11.1. The molecule has 5 nitrogen and oxygen atoms in total. The lowest BCUT2D eigenvalue weighted by Gasteiger charge is -2.07. The summed E-state index contributed by atoms with van der Waals surface area (Å²) < 4.78 is 7.60. The van der Waals surface area contributed by atoms with Gasteiger partial charge in [0.2, 0.25) is 0 Å². The van der Waals surface area contributed by atoms with Gasteiger partial charge in [-0.05, 0) is 37.2 Å². The fraction of sp³-hybridized carbons (Fsp3) is 0.308. The molecule has 1 fully saturated rings. The maximum absolute atomic E-state index is 9.19. The van der Waals surface area contributed by atoms with Gasteiger partial charge in [-0.2, -0.15) is 5.10 Å². The summed E-state index contributed by atoms with van der Waals surface area (Å²) >= 11 is 0. The zero-order valence-corrected chi connectivity index (χ0v) is 9.91. The predicted molar refractivity (Wildman–Crippen MR) is 66.9 cm³/mol. The molecule has 1 unspecified atom stereocenters. The van der Waals surface area contributed by atoms with E-state index >= 15 is 0 Å². The Labute approximate surface area is 105 Å². The van der Waals surface area contributed by atoms with Crippen LogP contribution in [0.2, 0.25) is 0 Å². The molecule has 2 heterocycles. The van der Waals surface area contributed by atoms with E-state index in [0.29, 0.717) is 17.5 Å². The van der Waals surface area contributed by atoms with Crippen molar-refractivity contribution in [3.05, 3.63) is 36.7 Å². The summed E-state index contributed by atoms with van der Waals surface area (Å²) in [5, 5.41) is 16.8. The van der Waals surface area contributed by atoms with Gasteiger partial charge in [0.05, 0.1) is 18.4 Å². The highest BCUT2D eigenvalue weighted by Crippen LogP contribution is 2.24. The van der Waals surface area contributed by atoms with Gasteiger partial charge in [-0.25, -0.2) is 0 Å². The number of hydrogen-bond donors (Lipinski definition) is 2. The van der Waals surface area contributed by atoms with E-state index in [2.05, 4.69) is 10.4 Å². The van der Waals surface area contributed by atoms with Crippen LogP contribution in [0.5, 0.6) is 17.2 Å². The first-order valence-electron chi connectivity index (χ1n) is 6.03. The van der Waals surface area contributed by atoms with Gasteiger partial charge >= 0.3 is 0 Å². The van der Waals surface area contributed by atoms with Crippen LogP contribution in [0, 0.1) is 0 Å². The lowest BCUT2D eigenvalue weighted by atomic mass is 10.3. The number of benzene rings is 1. The van der Waals surface area contributed by atoms with Crippen molar-refractivity contribution in [2.24, 2.45) is 0 Å². The van der Waals surface area contributed by atoms with E-state index in [1.165, 1.54) is 0 Å². The van der Waals surface area contributed by atoms with Crippen molar-refractivity contribution in [1.29, 1.82) is 0 Å². The number of hydrogen-bond acceptors (Lipinski definition) is 4. The fourth-order valence-corrected chi connectivity index (χ4v) is 2.09. The molecular weight excluding hydrogens is 230 g/mol. The maximum Gasteiger partial charge on any atom is 0.165 e. The minimum atomic E-state index is 0.232. The quantitative estimate of drug-likeness (QED) is 0.867. The molecule has 0 amide bonds. The highest BCUT2D eigenvalue weighted by atomic mass is 16.5. The van der Waals surface area contributed by atoms with Gasteiger partial charge in [-0.1, -0.05) is 0 Å². The number of phenols is 1. The van der Waals surface area contributed by atoms with Gasteiger partial charge in [0, 0.05) is 6.54 Å². The summed E-state index contributed by atoms with van der Waals surface area (Å²) in [6.45, 7) is 2.00. The average Bonchev–Trinajstić information content (AvgIpc) is 3.02. The average molecular weight is 245 g/mol. The highest BCUT2D eigenvalue weighted by molar-refractivity contribution is 5.33. The summed E-state index contributed by atoms with van der Waals surface area (Å²) in [5.74, 6) is 1.64. The minimum absolute atomic E-state index is 0.232. The van der Waals surface area contributed by atoms with E-state index in [0.717, 1.165) is 19.5 Å². The summed E-state index contributed by atoms with van der Waals surface area (Å²) in [5.41, 5.74) is 0. The van der Waals surface area contributed by atoms with Crippen LogP contribution in [0.25, 0.3) is 0 Å². The van der Waals surface area contributed by atoms with Gasteiger partial charge in [0.15, 0.2) is 5.75 Å². The van der Waals surface area contributed by atoms with Gasteiger partial charge in [-0.15, -0.1) is 0 Å². The van der Waals surface area contributed by atoms with Crippen molar-refractivity contribution in [1.82, 2.24) is 15.1 Å². The molecule has 0 bridgehead atoms.